The summed E-state index contributed by atoms with van der Waals surface area (Å²) in [5.41, 5.74) is 1.33. The molecule has 0 unspecified atom stereocenters. The van der Waals surface area contributed by atoms with E-state index in [0.717, 1.165) is 4.70 Å². The van der Waals surface area contributed by atoms with E-state index in [1.807, 2.05) is 6.07 Å². The normalized spacial score (nSPS) is 14.9. The van der Waals surface area contributed by atoms with E-state index in [1.54, 1.807) is 35.2 Å². The number of amides is 1. The van der Waals surface area contributed by atoms with E-state index in [9.17, 15) is 9.18 Å². The van der Waals surface area contributed by atoms with Gasteiger partial charge in [0.15, 0.2) is 0 Å². The number of halogens is 1. The SMILES string of the molecule is N#Cc1cccc(C(=O)N2CCC(Oc3nc4c(F)cccc4s3)CC2)c1. The van der Waals surface area contributed by atoms with Gasteiger partial charge in [0.25, 0.3) is 11.1 Å². The van der Waals surface area contributed by atoms with Gasteiger partial charge in [-0.1, -0.05) is 23.5 Å². The number of rotatable bonds is 3. The van der Waals surface area contributed by atoms with Crippen molar-refractivity contribution in [2.45, 2.75) is 18.9 Å². The first kappa shape index (κ1) is 17.4. The van der Waals surface area contributed by atoms with Gasteiger partial charge < -0.3 is 9.64 Å². The lowest BCUT2D eigenvalue weighted by Crippen LogP contribution is -2.41. The second-order valence-corrected chi connectivity index (χ2v) is 7.36. The van der Waals surface area contributed by atoms with Crippen molar-refractivity contribution in [3.63, 3.8) is 0 Å². The first-order valence-corrected chi connectivity index (χ1v) is 9.47. The maximum Gasteiger partial charge on any atom is 0.274 e. The Kier molecular flexibility index (Phi) is 4.73. The molecule has 1 aromatic heterocycles. The Morgan fingerprint density at radius 3 is 2.78 bits per heavy atom. The third kappa shape index (κ3) is 3.62. The number of nitrogens with zero attached hydrogens (tertiary/aromatic N) is 3. The molecular weight excluding hydrogens is 365 g/mol. The Hall–Kier alpha value is -2.98. The zero-order valence-corrected chi connectivity index (χ0v) is 15.2. The van der Waals surface area contributed by atoms with Crippen LogP contribution >= 0.6 is 11.3 Å². The Morgan fingerprint density at radius 2 is 2.04 bits per heavy atom. The fourth-order valence-corrected chi connectivity index (χ4v) is 4.06. The zero-order chi connectivity index (χ0) is 18.8. The standard InChI is InChI=1S/C20H16FN3O2S/c21-16-5-2-6-17-18(16)23-20(27-17)26-15-7-9-24(10-8-15)19(25)14-4-1-3-13(11-14)12-22/h1-6,11,15H,7-10H2. The molecule has 2 aromatic carbocycles. The highest BCUT2D eigenvalue weighted by molar-refractivity contribution is 7.20. The molecule has 0 N–H and O–H groups in total. The fraction of sp³-hybridized carbons (Fsp3) is 0.250. The molecule has 136 valence electrons. The lowest BCUT2D eigenvalue weighted by atomic mass is 10.1. The molecule has 0 aliphatic carbocycles. The van der Waals surface area contributed by atoms with E-state index in [4.69, 9.17) is 10.00 Å². The van der Waals surface area contributed by atoms with E-state index in [-0.39, 0.29) is 17.8 Å². The molecule has 0 saturated carbocycles. The summed E-state index contributed by atoms with van der Waals surface area (Å²) in [5.74, 6) is -0.425. The molecule has 2 heterocycles. The molecule has 0 bridgehead atoms. The summed E-state index contributed by atoms with van der Waals surface area (Å²) in [6.45, 7) is 1.14. The van der Waals surface area contributed by atoms with Crippen molar-refractivity contribution < 1.29 is 13.9 Å². The van der Waals surface area contributed by atoms with Crippen molar-refractivity contribution in [3.05, 3.63) is 59.4 Å². The van der Waals surface area contributed by atoms with E-state index in [1.165, 1.54) is 17.4 Å². The molecule has 0 radical (unpaired) electrons. The summed E-state index contributed by atoms with van der Waals surface area (Å²) in [5, 5.41) is 9.44. The number of thiazole rings is 1. The number of hydrogen-bond acceptors (Lipinski definition) is 5. The first-order valence-electron chi connectivity index (χ1n) is 8.65. The van der Waals surface area contributed by atoms with Crippen LogP contribution in [-0.2, 0) is 0 Å². The van der Waals surface area contributed by atoms with Crippen LogP contribution in [0.5, 0.6) is 5.19 Å². The minimum atomic E-state index is -0.349. The van der Waals surface area contributed by atoms with Crippen molar-refractivity contribution in [2.24, 2.45) is 0 Å². The molecule has 0 atom stereocenters. The molecular formula is C20H16FN3O2S. The number of carbonyl (C=O) groups is 1. The van der Waals surface area contributed by atoms with Gasteiger partial charge >= 0.3 is 0 Å². The predicted molar refractivity (Wildman–Crippen MR) is 100 cm³/mol. The zero-order valence-electron chi connectivity index (χ0n) is 14.4. The largest absolute Gasteiger partial charge is 0.467 e. The van der Waals surface area contributed by atoms with Crippen LogP contribution in [0, 0.1) is 17.1 Å². The van der Waals surface area contributed by atoms with Crippen LogP contribution in [0.2, 0.25) is 0 Å². The number of carbonyl (C=O) groups excluding carboxylic acids is 1. The second kappa shape index (κ2) is 7.33. The van der Waals surface area contributed by atoms with Gasteiger partial charge in [-0.05, 0) is 30.3 Å². The molecule has 1 amide bonds. The van der Waals surface area contributed by atoms with Crippen LogP contribution in [0.25, 0.3) is 10.2 Å². The third-order valence-electron chi connectivity index (χ3n) is 4.59. The van der Waals surface area contributed by atoms with E-state index in [0.29, 0.717) is 47.8 Å². The van der Waals surface area contributed by atoms with Crippen molar-refractivity contribution in [1.82, 2.24) is 9.88 Å². The first-order chi connectivity index (χ1) is 13.1. The summed E-state index contributed by atoms with van der Waals surface area (Å²) in [6, 6.07) is 13.6. The number of hydrogen-bond donors (Lipinski definition) is 0. The number of ether oxygens (including phenoxy) is 1. The molecule has 5 nitrogen and oxygen atoms in total. The highest BCUT2D eigenvalue weighted by Crippen LogP contribution is 2.31. The Labute approximate surface area is 159 Å². The van der Waals surface area contributed by atoms with Crippen LogP contribution in [0.15, 0.2) is 42.5 Å². The van der Waals surface area contributed by atoms with Gasteiger partial charge in [0.1, 0.15) is 17.4 Å². The summed E-state index contributed by atoms with van der Waals surface area (Å²) in [6.07, 6.45) is 1.31. The van der Waals surface area contributed by atoms with Crippen LogP contribution in [0.4, 0.5) is 4.39 Å². The van der Waals surface area contributed by atoms with Gasteiger partial charge in [0.05, 0.1) is 16.3 Å². The Balaban J connectivity index is 1.39. The second-order valence-electron chi connectivity index (χ2n) is 6.37. The van der Waals surface area contributed by atoms with Crippen LogP contribution in [-0.4, -0.2) is 35.0 Å². The summed E-state index contributed by atoms with van der Waals surface area (Å²) >= 11 is 1.33. The minimum absolute atomic E-state index is 0.0527. The third-order valence-corrected chi connectivity index (χ3v) is 5.50. The lowest BCUT2D eigenvalue weighted by molar-refractivity contribution is 0.0595. The number of benzene rings is 2. The molecule has 0 spiro atoms. The molecule has 1 aliphatic heterocycles. The summed E-state index contributed by atoms with van der Waals surface area (Å²) < 4.78 is 20.4. The molecule has 3 aromatic rings. The van der Waals surface area contributed by atoms with E-state index >= 15 is 0 Å². The monoisotopic (exact) mass is 381 g/mol. The van der Waals surface area contributed by atoms with Crippen molar-refractivity contribution >= 4 is 27.5 Å². The number of para-hydroxylation sites is 1. The highest BCUT2D eigenvalue weighted by Gasteiger charge is 2.25. The van der Waals surface area contributed by atoms with Gasteiger partial charge in [-0.2, -0.15) is 10.2 Å². The molecule has 1 fully saturated rings. The quantitative estimate of drug-likeness (QED) is 0.688. The number of fused-ring (bicyclic) bond motifs is 1. The van der Waals surface area contributed by atoms with Gasteiger partial charge in [0.2, 0.25) is 0 Å². The summed E-state index contributed by atoms with van der Waals surface area (Å²) in [4.78, 5) is 18.6. The number of likely N-dealkylation sites (tertiary alicyclic amines) is 1. The van der Waals surface area contributed by atoms with Crippen LogP contribution < -0.4 is 4.74 Å². The van der Waals surface area contributed by atoms with Crippen molar-refractivity contribution in [1.29, 1.82) is 5.26 Å². The maximum atomic E-state index is 13.8. The Bertz CT molecular complexity index is 1040. The molecule has 1 aliphatic rings. The molecule has 7 heteroatoms. The highest BCUT2D eigenvalue weighted by atomic mass is 32.1. The number of nitriles is 1. The van der Waals surface area contributed by atoms with Gasteiger partial charge in [0, 0.05) is 31.5 Å². The molecule has 4 rings (SSSR count). The maximum absolute atomic E-state index is 13.8. The average Bonchev–Trinajstić information content (AvgIpc) is 3.12. The number of piperidine rings is 1. The topological polar surface area (TPSA) is 66.2 Å². The van der Waals surface area contributed by atoms with Gasteiger partial charge in [-0.15, -0.1) is 0 Å². The average molecular weight is 381 g/mol. The number of aromatic nitrogens is 1. The van der Waals surface area contributed by atoms with E-state index < -0.39 is 0 Å². The smallest absolute Gasteiger partial charge is 0.274 e. The predicted octanol–water partition coefficient (Wildman–Crippen LogP) is 3.99. The van der Waals surface area contributed by atoms with E-state index in [2.05, 4.69) is 11.1 Å². The minimum Gasteiger partial charge on any atom is -0.467 e. The van der Waals surface area contributed by atoms with Gasteiger partial charge in [-0.3, -0.25) is 4.79 Å². The summed E-state index contributed by atoms with van der Waals surface area (Å²) in [7, 11) is 0. The fourth-order valence-electron chi connectivity index (χ4n) is 3.17. The molecule has 1 saturated heterocycles. The van der Waals surface area contributed by atoms with Crippen LogP contribution in [0.1, 0.15) is 28.8 Å². The van der Waals surface area contributed by atoms with Crippen molar-refractivity contribution in [3.8, 4) is 11.3 Å². The Morgan fingerprint density at radius 1 is 1.26 bits per heavy atom. The lowest BCUT2D eigenvalue weighted by Gasteiger charge is -2.31. The van der Waals surface area contributed by atoms with Crippen LogP contribution in [0.3, 0.4) is 0 Å². The van der Waals surface area contributed by atoms with Gasteiger partial charge in [-0.25, -0.2) is 4.39 Å². The molecule has 27 heavy (non-hydrogen) atoms. The van der Waals surface area contributed by atoms with Crippen molar-refractivity contribution in [2.75, 3.05) is 13.1 Å².